The lowest BCUT2D eigenvalue weighted by molar-refractivity contribution is -0.137. The number of anilines is 1. The van der Waals surface area contributed by atoms with Crippen molar-refractivity contribution in [2.45, 2.75) is 6.92 Å². The van der Waals surface area contributed by atoms with Gasteiger partial charge in [-0.15, -0.1) is 0 Å². The molecular weight excluding hydrogens is 292 g/mol. The third kappa shape index (κ3) is 3.06. The van der Waals surface area contributed by atoms with E-state index in [1.54, 1.807) is 37.7 Å². The number of pyridine rings is 2. The maximum atomic E-state index is 11.3. The third-order valence-corrected chi connectivity index (χ3v) is 3.38. The lowest BCUT2D eigenvalue weighted by Crippen LogP contribution is -2.01. The van der Waals surface area contributed by atoms with Crippen molar-refractivity contribution < 1.29 is 9.53 Å². The first kappa shape index (κ1) is 14.8. The van der Waals surface area contributed by atoms with E-state index in [0.29, 0.717) is 23.7 Å². The number of nitrogens with zero attached hydrogens (tertiary/aromatic N) is 3. The quantitative estimate of drug-likeness (QED) is 0.591. The summed E-state index contributed by atoms with van der Waals surface area (Å²) in [7, 11) is 0. The third-order valence-electron chi connectivity index (χ3n) is 3.38. The van der Waals surface area contributed by atoms with Crippen LogP contribution in [0.2, 0.25) is 0 Å². The highest BCUT2D eigenvalue weighted by atomic mass is 16.5. The Morgan fingerprint density at radius 1 is 1.39 bits per heavy atom. The summed E-state index contributed by atoms with van der Waals surface area (Å²) in [5.41, 5.74) is 8.20. The molecule has 2 N–H and O–H groups in total. The molecule has 23 heavy (non-hydrogen) atoms. The fraction of sp³-hybridized carbons (Fsp3) is 0.118. The molecule has 0 saturated heterocycles. The Morgan fingerprint density at radius 3 is 3.04 bits per heavy atom. The predicted molar refractivity (Wildman–Crippen MR) is 88.9 cm³/mol. The Labute approximate surface area is 133 Å². The average Bonchev–Trinajstić information content (AvgIpc) is 2.98. The first-order valence-electron chi connectivity index (χ1n) is 7.21. The van der Waals surface area contributed by atoms with Gasteiger partial charge < -0.3 is 10.5 Å². The number of fused-ring (bicyclic) bond motifs is 1. The van der Waals surface area contributed by atoms with Crippen molar-refractivity contribution in [2.75, 3.05) is 12.3 Å². The number of esters is 1. The molecule has 0 amide bonds. The van der Waals surface area contributed by atoms with Gasteiger partial charge in [0.1, 0.15) is 5.82 Å². The maximum Gasteiger partial charge on any atom is 0.330 e. The Morgan fingerprint density at radius 2 is 2.26 bits per heavy atom. The van der Waals surface area contributed by atoms with Crippen LogP contribution in [0.15, 0.2) is 49.1 Å². The molecule has 116 valence electrons. The molecule has 3 aromatic rings. The number of rotatable bonds is 4. The van der Waals surface area contributed by atoms with Gasteiger partial charge in [0.25, 0.3) is 0 Å². The van der Waals surface area contributed by atoms with Gasteiger partial charge in [-0.25, -0.2) is 9.78 Å². The van der Waals surface area contributed by atoms with Gasteiger partial charge in [0.15, 0.2) is 0 Å². The molecule has 0 aliphatic carbocycles. The maximum absolute atomic E-state index is 11.3. The topological polar surface area (TPSA) is 83.0 Å². The van der Waals surface area contributed by atoms with Gasteiger partial charge in [0.05, 0.1) is 18.3 Å². The minimum Gasteiger partial charge on any atom is -0.463 e. The zero-order valence-electron chi connectivity index (χ0n) is 12.6. The lowest BCUT2D eigenvalue weighted by atomic mass is 10.2. The highest BCUT2D eigenvalue weighted by Gasteiger charge is 2.06. The van der Waals surface area contributed by atoms with Crippen molar-refractivity contribution in [2.24, 2.45) is 0 Å². The van der Waals surface area contributed by atoms with Gasteiger partial charge in [-0.05, 0) is 25.1 Å². The lowest BCUT2D eigenvalue weighted by Gasteiger charge is -2.07. The van der Waals surface area contributed by atoms with Gasteiger partial charge >= 0.3 is 5.97 Å². The molecule has 3 aromatic heterocycles. The second-order valence-corrected chi connectivity index (χ2v) is 4.88. The summed E-state index contributed by atoms with van der Waals surface area (Å²) < 4.78 is 6.75. The van der Waals surface area contributed by atoms with E-state index < -0.39 is 5.97 Å². The highest BCUT2D eigenvalue weighted by Crippen LogP contribution is 2.21. The van der Waals surface area contributed by atoms with Crippen LogP contribution in [0.4, 0.5) is 5.69 Å². The molecule has 0 spiro atoms. The second-order valence-electron chi connectivity index (χ2n) is 4.88. The summed E-state index contributed by atoms with van der Waals surface area (Å²) in [6.07, 6.45) is 10.0. The normalized spacial score (nSPS) is 11.2. The number of hydrogen-bond acceptors (Lipinski definition) is 5. The molecule has 6 nitrogen and oxygen atoms in total. The Balaban J connectivity index is 1.92. The highest BCUT2D eigenvalue weighted by molar-refractivity contribution is 5.88. The van der Waals surface area contributed by atoms with E-state index in [0.717, 1.165) is 10.9 Å². The predicted octanol–water partition coefficient (Wildman–Crippen LogP) is 2.58. The van der Waals surface area contributed by atoms with Crippen LogP contribution in [0, 0.1) is 0 Å². The molecule has 0 aliphatic heterocycles. The first-order chi connectivity index (χ1) is 11.2. The molecule has 6 heteroatoms. The molecule has 0 radical (unpaired) electrons. The largest absolute Gasteiger partial charge is 0.463 e. The SMILES string of the molecule is CCOC(=O)/C=C/c1cnc(-n2ccc3ccncc32)cc1N. The van der Waals surface area contributed by atoms with E-state index in [1.165, 1.54) is 6.08 Å². The van der Waals surface area contributed by atoms with Gasteiger partial charge in [0.2, 0.25) is 0 Å². The molecule has 3 rings (SSSR count). The molecule has 0 bridgehead atoms. The fourth-order valence-electron chi connectivity index (χ4n) is 2.26. The number of nitrogen functional groups attached to an aromatic ring is 1. The van der Waals surface area contributed by atoms with Gasteiger partial charge in [-0.3, -0.25) is 9.55 Å². The van der Waals surface area contributed by atoms with Gasteiger partial charge in [-0.2, -0.15) is 0 Å². The van der Waals surface area contributed by atoms with Crippen LogP contribution in [0.25, 0.3) is 22.8 Å². The van der Waals surface area contributed by atoms with Crippen LogP contribution in [-0.2, 0) is 9.53 Å². The standard InChI is InChI=1S/C17H16N4O2/c1-2-23-17(22)4-3-13-10-20-16(9-14(13)18)21-8-6-12-5-7-19-11-15(12)21/h3-11H,2H2,1H3,(H2,18,20)/b4-3+. The number of nitrogens with two attached hydrogens (primary N) is 1. The number of carbonyl (C=O) groups excluding carboxylic acids is 1. The average molecular weight is 308 g/mol. The van der Waals surface area contributed by atoms with Crippen LogP contribution in [0.1, 0.15) is 12.5 Å². The fourth-order valence-corrected chi connectivity index (χ4v) is 2.26. The molecule has 0 aliphatic rings. The minimum atomic E-state index is -0.404. The smallest absolute Gasteiger partial charge is 0.330 e. The summed E-state index contributed by atoms with van der Waals surface area (Å²) in [6, 6.07) is 5.69. The first-order valence-corrected chi connectivity index (χ1v) is 7.21. The number of carbonyl (C=O) groups is 1. The van der Waals surface area contributed by atoms with Crippen molar-refractivity contribution in [1.82, 2.24) is 14.5 Å². The van der Waals surface area contributed by atoms with E-state index >= 15 is 0 Å². The van der Waals surface area contributed by atoms with E-state index in [-0.39, 0.29) is 0 Å². The Hall–Kier alpha value is -3.15. The summed E-state index contributed by atoms with van der Waals surface area (Å²) in [5.74, 6) is 0.289. The summed E-state index contributed by atoms with van der Waals surface area (Å²) in [4.78, 5) is 19.9. The number of ether oxygens (including phenoxy) is 1. The van der Waals surface area contributed by atoms with Crippen LogP contribution in [0.5, 0.6) is 0 Å². The molecule has 0 aromatic carbocycles. The summed E-state index contributed by atoms with van der Waals surface area (Å²) in [6.45, 7) is 2.09. The monoisotopic (exact) mass is 308 g/mol. The minimum absolute atomic E-state index is 0.338. The molecule has 3 heterocycles. The van der Waals surface area contributed by atoms with Crippen molar-refractivity contribution >= 4 is 28.6 Å². The molecule has 0 saturated carbocycles. The van der Waals surface area contributed by atoms with Crippen molar-refractivity contribution in [3.05, 3.63) is 54.6 Å². The molecule has 0 atom stereocenters. The van der Waals surface area contributed by atoms with Crippen molar-refractivity contribution in [1.29, 1.82) is 0 Å². The van der Waals surface area contributed by atoms with E-state index in [1.807, 2.05) is 22.9 Å². The Bertz CT molecular complexity index is 883. The van der Waals surface area contributed by atoms with Crippen LogP contribution in [0.3, 0.4) is 0 Å². The second kappa shape index (κ2) is 6.31. The van der Waals surface area contributed by atoms with Crippen molar-refractivity contribution in [3.63, 3.8) is 0 Å². The zero-order valence-corrected chi connectivity index (χ0v) is 12.6. The van der Waals surface area contributed by atoms with E-state index in [2.05, 4.69) is 9.97 Å². The van der Waals surface area contributed by atoms with E-state index in [9.17, 15) is 4.79 Å². The summed E-state index contributed by atoms with van der Waals surface area (Å²) >= 11 is 0. The number of hydrogen-bond donors (Lipinski definition) is 1. The van der Waals surface area contributed by atoms with Crippen LogP contribution in [-0.4, -0.2) is 27.1 Å². The molecule has 0 fully saturated rings. The van der Waals surface area contributed by atoms with Gasteiger partial charge in [0, 0.05) is 47.4 Å². The van der Waals surface area contributed by atoms with Gasteiger partial charge in [-0.1, -0.05) is 0 Å². The molecular formula is C17H16N4O2. The summed E-state index contributed by atoms with van der Waals surface area (Å²) in [5, 5.41) is 1.08. The van der Waals surface area contributed by atoms with Crippen LogP contribution < -0.4 is 5.73 Å². The van der Waals surface area contributed by atoms with Crippen molar-refractivity contribution in [3.8, 4) is 5.82 Å². The van der Waals surface area contributed by atoms with Crippen LogP contribution >= 0.6 is 0 Å². The van der Waals surface area contributed by atoms with E-state index in [4.69, 9.17) is 10.5 Å². The zero-order chi connectivity index (χ0) is 16.2. The molecule has 0 unspecified atom stereocenters. The Kier molecular flexibility index (Phi) is 4.05. The number of aromatic nitrogens is 3.